The molecule has 0 radical (unpaired) electrons. The lowest BCUT2D eigenvalue weighted by atomic mass is 9.98. The van der Waals surface area contributed by atoms with Gasteiger partial charge in [-0.05, 0) is 48.9 Å². The van der Waals surface area contributed by atoms with E-state index in [0.29, 0.717) is 16.7 Å². The summed E-state index contributed by atoms with van der Waals surface area (Å²) in [6.07, 6.45) is 4.93. The summed E-state index contributed by atoms with van der Waals surface area (Å²) < 4.78 is 22.7. The highest BCUT2D eigenvalue weighted by Crippen LogP contribution is 2.32. The van der Waals surface area contributed by atoms with Gasteiger partial charge in [0.2, 0.25) is 0 Å². The van der Waals surface area contributed by atoms with Crippen LogP contribution in [0.25, 0.3) is 0 Å². The van der Waals surface area contributed by atoms with Crippen LogP contribution in [0.3, 0.4) is 0 Å². The van der Waals surface area contributed by atoms with E-state index < -0.39 is 9.84 Å². The normalized spacial score (nSPS) is 23.5. The molecule has 5 heteroatoms. The SMILES string of the molecule is CS(=O)(=O)c1ccc(NCC2CCCC2CCl)cc1. The van der Waals surface area contributed by atoms with Gasteiger partial charge in [-0.1, -0.05) is 6.42 Å². The Labute approximate surface area is 120 Å². The molecule has 1 aliphatic rings. The van der Waals surface area contributed by atoms with E-state index in [-0.39, 0.29) is 0 Å². The Morgan fingerprint density at radius 1 is 1.21 bits per heavy atom. The van der Waals surface area contributed by atoms with Crippen molar-refractivity contribution in [3.05, 3.63) is 24.3 Å². The second kappa shape index (κ2) is 6.14. The Balaban J connectivity index is 1.93. The lowest BCUT2D eigenvalue weighted by molar-refractivity contribution is 0.444. The predicted octanol–water partition coefficient (Wildman–Crippen LogP) is 3.16. The number of sulfone groups is 1. The highest BCUT2D eigenvalue weighted by molar-refractivity contribution is 7.90. The van der Waals surface area contributed by atoms with E-state index in [4.69, 9.17) is 11.6 Å². The van der Waals surface area contributed by atoms with Crippen LogP contribution in [-0.4, -0.2) is 27.1 Å². The maximum absolute atomic E-state index is 11.4. The second-order valence-electron chi connectivity index (χ2n) is 5.28. The zero-order chi connectivity index (χ0) is 13.9. The lowest BCUT2D eigenvalue weighted by Gasteiger charge is -2.18. The molecular weight excluding hydrogens is 282 g/mol. The number of hydrogen-bond acceptors (Lipinski definition) is 3. The van der Waals surface area contributed by atoms with Crippen molar-refractivity contribution in [1.82, 2.24) is 0 Å². The van der Waals surface area contributed by atoms with Gasteiger partial charge in [-0.25, -0.2) is 8.42 Å². The van der Waals surface area contributed by atoms with Crippen LogP contribution in [0.5, 0.6) is 0 Å². The molecule has 0 heterocycles. The maximum atomic E-state index is 11.4. The summed E-state index contributed by atoms with van der Waals surface area (Å²) in [6.45, 7) is 0.912. The van der Waals surface area contributed by atoms with Crippen LogP contribution in [-0.2, 0) is 9.84 Å². The molecule has 1 N–H and O–H groups in total. The first-order chi connectivity index (χ1) is 9.00. The Morgan fingerprint density at radius 2 is 1.84 bits per heavy atom. The Hall–Kier alpha value is -0.740. The van der Waals surface area contributed by atoms with Crippen LogP contribution in [0.1, 0.15) is 19.3 Å². The largest absolute Gasteiger partial charge is 0.385 e. The molecule has 0 bridgehead atoms. The first-order valence-electron chi connectivity index (χ1n) is 6.60. The third kappa shape index (κ3) is 3.86. The average molecular weight is 302 g/mol. The fourth-order valence-electron chi connectivity index (χ4n) is 2.65. The quantitative estimate of drug-likeness (QED) is 0.850. The highest BCUT2D eigenvalue weighted by Gasteiger charge is 2.25. The van der Waals surface area contributed by atoms with Crippen LogP contribution in [0.4, 0.5) is 5.69 Å². The zero-order valence-electron chi connectivity index (χ0n) is 11.1. The monoisotopic (exact) mass is 301 g/mol. The van der Waals surface area contributed by atoms with E-state index in [0.717, 1.165) is 18.1 Å². The van der Waals surface area contributed by atoms with Crippen LogP contribution in [0.2, 0.25) is 0 Å². The van der Waals surface area contributed by atoms with Gasteiger partial charge in [-0.3, -0.25) is 0 Å². The van der Waals surface area contributed by atoms with Crippen molar-refractivity contribution in [3.8, 4) is 0 Å². The van der Waals surface area contributed by atoms with Gasteiger partial charge < -0.3 is 5.32 Å². The van der Waals surface area contributed by atoms with E-state index in [2.05, 4.69) is 5.32 Å². The molecule has 0 aliphatic heterocycles. The summed E-state index contributed by atoms with van der Waals surface area (Å²) in [5.74, 6) is 1.98. The van der Waals surface area contributed by atoms with Crippen molar-refractivity contribution in [2.45, 2.75) is 24.2 Å². The minimum absolute atomic E-state index is 0.359. The number of halogens is 1. The first kappa shape index (κ1) is 14.7. The molecule has 1 aliphatic carbocycles. The molecule has 2 unspecified atom stereocenters. The third-order valence-corrected chi connectivity index (χ3v) is 5.39. The maximum Gasteiger partial charge on any atom is 0.175 e. The highest BCUT2D eigenvalue weighted by atomic mass is 35.5. The van der Waals surface area contributed by atoms with Crippen molar-refractivity contribution in [2.24, 2.45) is 11.8 Å². The van der Waals surface area contributed by atoms with Gasteiger partial charge in [0.1, 0.15) is 0 Å². The Kier molecular flexibility index (Phi) is 4.74. The van der Waals surface area contributed by atoms with Crippen LogP contribution < -0.4 is 5.32 Å². The number of rotatable bonds is 5. The standard InChI is InChI=1S/C14H20ClNO2S/c1-19(17,18)14-7-5-13(6-8-14)16-10-12-4-2-3-11(12)9-15/h5-8,11-12,16H,2-4,9-10H2,1H3. The van der Waals surface area contributed by atoms with Crippen molar-refractivity contribution in [2.75, 3.05) is 24.0 Å². The summed E-state index contributed by atoms with van der Waals surface area (Å²) in [5, 5.41) is 3.38. The predicted molar refractivity (Wildman–Crippen MR) is 79.6 cm³/mol. The van der Waals surface area contributed by atoms with Gasteiger partial charge in [0, 0.05) is 24.4 Å². The molecule has 0 aromatic heterocycles. The smallest absolute Gasteiger partial charge is 0.175 e. The third-order valence-electron chi connectivity index (χ3n) is 3.87. The summed E-state index contributed by atoms with van der Waals surface area (Å²) in [4.78, 5) is 0.359. The average Bonchev–Trinajstić information content (AvgIpc) is 2.83. The molecular formula is C14H20ClNO2S. The number of nitrogens with one attached hydrogen (secondary N) is 1. The first-order valence-corrected chi connectivity index (χ1v) is 9.03. The van der Waals surface area contributed by atoms with Crippen molar-refractivity contribution in [1.29, 1.82) is 0 Å². The van der Waals surface area contributed by atoms with Gasteiger partial charge >= 0.3 is 0 Å². The number of anilines is 1. The molecule has 1 aromatic carbocycles. The minimum atomic E-state index is -3.11. The summed E-state index contributed by atoms with van der Waals surface area (Å²) in [6, 6.07) is 6.93. The summed E-state index contributed by atoms with van der Waals surface area (Å²) in [7, 11) is -3.11. The molecule has 1 fully saturated rings. The van der Waals surface area contributed by atoms with Gasteiger partial charge in [-0.2, -0.15) is 0 Å². The topological polar surface area (TPSA) is 46.2 Å². The van der Waals surface area contributed by atoms with Crippen LogP contribution in [0, 0.1) is 11.8 Å². The Morgan fingerprint density at radius 3 is 2.42 bits per heavy atom. The van der Waals surface area contributed by atoms with E-state index in [1.54, 1.807) is 12.1 Å². The fourth-order valence-corrected chi connectivity index (χ4v) is 3.69. The fraction of sp³-hybridized carbons (Fsp3) is 0.571. The van der Waals surface area contributed by atoms with Gasteiger partial charge in [0.25, 0.3) is 0 Å². The molecule has 19 heavy (non-hydrogen) atoms. The molecule has 1 aromatic rings. The minimum Gasteiger partial charge on any atom is -0.385 e. The second-order valence-corrected chi connectivity index (χ2v) is 7.61. The summed E-state index contributed by atoms with van der Waals surface area (Å²) >= 11 is 5.96. The summed E-state index contributed by atoms with van der Waals surface area (Å²) in [5.41, 5.74) is 0.965. The Bertz CT molecular complexity index is 513. The zero-order valence-corrected chi connectivity index (χ0v) is 12.7. The van der Waals surface area contributed by atoms with Crippen molar-refractivity contribution >= 4 is 27.1 Å². The molecule has 0 amide bonds. The van der Waals surface area contributed by atoms with Crippen LogP contribution >= 0.6 is 11.6 Å². The molecule has 0 saturated heterocycles. The molecule has 2 rings (SSSR count). The molecule has 2 atom stereocenters. The van der Waals surface area contributed by atoms with Crippen molar-refractivity contribution in [3.63, 3.8) is 0 Å². The number of hydrogen-bond donors (Lipinski definition) is 1. The van der Waals surface area contributed by atoms with Crippen LogP contribution in [0.15, 0.2) is 29.2 Å². The molecule has 3 nitrogen and oxygen atoms in total. The number of benzene rings is 1. The number of alkyl halides is 1. The van der Waals surface area contributed by atoms with E-state index in [9.17, 15) is 8.42 Å². The molecule has 106 valence electrons. The van der Waals surface area contributed by atoms with E-state index in [1.807, 2.05) is 12.1 Å². The van der Waals surface area contributed by atoms with Gasteiger partial charge in [0.05, 0.1) is 4.90 Å². The molecule has 0 spiro atoms. The molecule has 1 saturated carbocycles. The van der Waals surface area contributed by atoms with Crippen molar-refractivity contribution < 1.29 is 8.42 Å². The lowest BCUT2D eigenvalue weighted by Crippen LogP contribution is -2.19. The van der Waals surface area contributed by atoms with Gasteiger partial charge in [0.15, 0.2) is 9.84 Å². The van der Waals surface area contributed by atoms with E-state index >= 15 is 0 Å². The van der Waals surface area contributed by atoms with Gasteiger partial charge in [-0.15, -0.1) is 11.6 Å². The van der Waals surface area contributed by atoms with E-state index in [1.165, 1.54) is 25.5 Å².